The third-order valence-corrected chi connectivity index (χ3v) is 9.23. The molecule has 4 rings (SSSR count). The van der Waals surface area contributed by atoms with E-state index in [4.69, 9.17) is 0 Å². The lowest BCUT2D eigenvalue weighted by molar-refractivity contribution is 0.102. The molecule has 0 saturated carbocycles. The van der Waals surface area contributed by atoms with Gasteiger partial charge in [-0.15, -0.1) is 0 Å². The molecule has 0 aliphatic carbocycles. The number of carbonyl (C=O) groups is 1. The maximum Gasteiger partial charge on any atom is 0.264 e. The number of benzene rings is 2. The van der Waals surface area contributed by atoms with Crippen molar-refractivity contribution in [1.82, 2.24) is 14.3 Å². The molecule has 0 bridgehead atoms. The molecular weight excluding hydrogens is 502 g/mol. The summed E-state index contributed by atoms with van der Waals surface area (Å²) >= 11 is 0. The Hall–Kier alpha value is -3.35. The Morgan fingerprint density at radius 1 is 0.889 bits per heavy atom. The molecule has 12 heteroatoms. The van der Waals surface area contributed by atoms with Gasteiger partial charge in [-0.1, -0.05) is 18.9 Å². The van der Waals surface area contributed by atoms with Crippen LogP contribution in [0.2, 0.25) is 0 Å². The highest BCUT2D eigenvalue weighted by molar-refractivity contribution is 7.92. The predicted octanol–water partition coefficient (Wildman–Crippen LogP) is 3.40. The van der Waals surface area contributed by atoms with Crippen molar-refractivity contribution in [2.75, 3.05) is 23.1 Å². The summed E-state index contributed by atoms with van der Waals surface area (Å²) in [5.41, 5.74) is 1.11. The van der Waals surface area contributed by atoms with Crippen LogP contribution in [0.3, 0.4) is 0 Å². The van der Waals surface area contributed by atoms with Gasteiger partial charge in [0.15, 0.2) is 0 Å². The van der Waals surface area contributed by atoms with Crippen LogP contribution in [-0.2, 0) is 20.0 Å². The first-order chi connectivity index (χ1) is 17.2. The highest BCUT2D eigenvalue weighted by Gasteiger charge is 2.27. The monoisotopic (exact) mass is 529 g/mol. The van der Waals surface area contributed by atoms with Crippen molar-refractivity contribution in [2.24, 2.45) is 0 Å². The Bertz CT molecular complexity index is 1440. The van der Waals surface area contributed by atoms with Gasteiger partial charge in [-0.05, 0) is 67.8 Å². The zero-order valence-corrected chi connectivity index (χ0v) is 21.3. The zero-order chi connectivity index (χ0) is 25.8. The van der Waals surface area contributed by atoms with Crippen LogP contribution in [0.5, 0.6) is 0 Å². The maximum atomic E-state index is 13.3. The van der Waals surface area contributed by atoms with Gasteiger partial charge in [0.25, 0.3) is 15.9 Å². The smallest absolute Gasteiger partial charge is 0.264 e. The fourth-order valence-electron chi connectivity index (χ4n) is 3.89. The minimum Gasteiger partial charge on any atom is -0.322 e. The summed E-state index contributed by atoms with van der Waals surface area (Å²) in [6.45, 7) is 2.65. The molecule has 0 atom stereocenters. The van der Waals surface area contributed by atoms with Crippen LogP contribution in [0, 0.1) is 6.92 Å². The van der Waals surface area contributed by atoms with Crippen molar-refractivity contribution < 1.29 is 21.6 Å². The molecule has 1 aliphatic heterocycles. The second-order valence-electron chi connectivity index (χ2n) is 8.45. The summed E-state index contributed by atoms with van der Waals surface area (Å²) < 4.78 is 55.4. The largest absolute Gasteiger partial charge is 0.322 e. The molecule has 1 aromatic heterocycles. The Morgan fingerprint density at radius 2 is 1.53 bits per heavy atom. The highest BCUT2D eigenvalue weighted by Crippen LogP contribution is 2.25. The van der Waals surface area contributed by atoms with E-state index in [0.717, 1.165) is 25.7 Å². The van der Waals surface area contributed by atoms with Gasteiger partial charge in [0.2, 0.25) is 16.0 Å². The molecule has 2 heterocycles. The number of hydrogen-bond donors (Lipinski definition) is 2. The molecule has 1 fully saturated rings. The summed E-state index contributed by atoms with van der Waals surface area (Å²) in [5.74, 6) is -0.561. The molecule has 2 N–H and O–H groups in total. The Kier molecular flexibility index (Phi) is 7.67. The molecule has 2 aromatic carbocycles. The van der Waals surface area contributed by atoms with E-state index in [0.29, 0.717) is 24.3 Å². The average Bonchev–Trinajstić information content (AvgIpc) is 3.15. The van der Waals surface area contributed by atoms with Gasteiger partial charge in [0.1, 0.15) is 0 Å². The number of sulfonamides is 2. The molecule has 190 valence electrons. The normalized spacial score (nSPS) is 15.1. The molecule has 1 amide bonds. The lowest BCUT2D eigenvalue weighted by atomic mass is 10.1. The van der Waals surface area contributed by atoms with Gasteiger partial charge in [-0.3, -0.25) is 4.79 Å². The van der Waals surface area contributed by atoms with Gasteiger partial charge in [-0.25, -0.2) is 31.5 Å². The Morgan fingerprint density at radius 3 is 2.17 bits per heavy atom. The minimum atomic E-state index is -3.91. The number of aromatic nitrogens is 2. The fourth-order valence-corrected chi connectivity index (χ4v) is 6.62. The van der Waals surface area contributed by atoms with E-state index >= 15 is 0 Å². The van der Waals surface area contributed by atoms with E-state index < -0.39 is 26.0 Å². The number of aryl methyl sites for hydroxylation is 1. The Labute approximate surface area is 210 Å². The standard InChI is InChI=1S/C24H27N5O5S2/c1-18-7-8-19(17-22(18)36(33,34)29-15-4-2-3-5-16-29)23(30)27-20-9-11-21(12-10-20)35(31,32)28-24-25-13-6-14-26-24/h6-14,17H,2-5,15-16H2,1H3,(H,27,30)(H,25,26,28). The Balaban J connectivity index is 1.50. The first-order valence-corrected chi connectivity index (χ1v) is 14.4. The highest BCUT2D eigenvalue weighted by atomic mass is 32.2. The quantitative estimate of drug-likeness (QED) is 0.478. The van der Waals surface area contributed by atoms with Gasteiger partial charge >= 0.3 is 0 Å². The molecule has 0 spiro atoms. The molecule has 3 aromatic rings. The first-order valence-electron chi connectivity index (χ1n) is 11.5. The first kappa shape index (κ1) is 25.7. The number of rotatable bonds is 7. The predicted molar refractivity (Wildman–Crippen MR) is 136 cm³/mol. The van der Waals surface area contributed by atoms with Crippen molar-refractivity contribution in [2.45, 2.75) is 42.4 Å². The van der Waals surface area contributed by atoms with E-state index in [9.17, 15) is 21.6 Å². The number of hydrogen-bond acceptors (Lipinski definition) is 7. The second kappa shape index (κ2) is 10.7. The van der Waals surface area contributed by atoms with Crippen molar-refractivity contribution >= 4 is 37.6 Å². The lowest BCUT2D eigenvalue weighted by Gasteiger charge is -2.21. The van der Waals surface area contributed by atoms with Gasteiger partial charge in [-0.2, -0.15) is 4.31 Å². The summed E-state index contributed by atoms with van der Waals surface area (Å²) in [4.78, 5) is 20.7. The van der Waals surface area contributed by atoms with E-state index in [-0.39, 0.29) is 21.3 Å². The topological polar surface area (TPSA) is 138 Å². The molecule has 1 saturated heterocycles. The van der Waals surface area contributed by atoms with Gasteiger partial charge in [0, 0.05) is 36.7 Å². The zero-order valence-electron chi connectivity index (χ0n) is 19.7. The van der Waals surface area contributed by atoms with Crippen LogP contribution in [0.15, 0.2) is 70.7 Å². The molecule has 0 radical (unpaired) electrons. The van der Waals surface area contributed by atoms with Crippen LogP contribution in [0.4, 0.5) is 11.6 Å². The van der Waals surface area contributed by atoms with E-state index in [1.807, 2.05) is 0 Å². The number of nitrogens with one attached hydrogen (secondary N) is 2. The molecule has 36 heavy (non-hydrogen) atoms. The van der Waals surface area contributed by atoms with Crippen LogP contribution in [-0.4, -0.2) is 50.1 Å². The maximum absolute atomic E-state index is 13.3. The van der Waals surface area contributed by atoms with Gasteiger partial charge in [0.05, 0.1) is 9.79 Å². The molecular formula is C24H27N5O5S2. The third-order valence-electron chi connectivity index (χ3n) is 5.85. The van der Waals surface area contributed by atoms with Crippen LogP contribution < -0.4 is 10.0 Å². The minimum absolute atomic E-state index is 0.0332. The second-order valence-corrected chi connectivity index (χ2v) is 12.0. The number of nitrogens with zero attached hydrogens (tertiary/aromatic N) is 3. The molecule has 1 aliphatic rings. The summed E-state index contributed by atoms with van der Waals surface area (Å²) in [6, 6.07) is 11.7. The van der Waals surface area contributed by atoms with Crippen LogP contribution in [0.25, 0.3) is 0 Å². The molecule has 0 unspecified atom stereocenters. The number of carbonyl (C=O) groups excluding carboxylic acids is 1. The van der Waals surface area contributed by atoms with Crippen molar-refractivity contribution in [3.8, 4) is 0 Å². The lowest BCUT2D eigenvalue weighted by Crippen LogP contribution is -2.32. The van der Waals surface area contributed by atoms with Gasteiger partial charge < -0.3 is 5.32 Å². The van der Waals surface area contributed by atoms with Crippen molar-refractivity contribution in [3.63, 3.8) is 0 Å². The summed E-state index contributed by atoms with van der Waals surface area (Å²) in [6.07, 6.45) is 6.47. The van der Waals surface area contributed by atoms with Crippen molar-refractivity contribution in [3.05, 3.63) is 72.1 Å². The number of anilines is 2. The van der Waals surface area contributed by atoms with Crippen LogP contribution in [0.1, 0.15) is 41.6 Å². The van der Waals surface area contributed by atoms with Crippen LogP contribution >= 0.6 is 0 Å². The average molecular weight is 530 g/mol. The fraction of sp³-hybridized carbons (Fsp3) is 0.292. The summed E-state index contributed by atoms with van der Waals surface area (Å²) in [5, 5.41) is 2.69. The summed E-state index contributed by atoms with van der Waals surface area (Å²) in [7, 11) is -7.63. The molecule has 10 nitrogen and oxygen atoms in total. The van der Waals surface area contributed by atoms with E-state index in [1.54, 1.807) is 25.1 Å². The third kappa shape index (κ3) is 5.89. The SMILES string of the molecule is Cc1ccc(C(=O)Nc2ccc(S(=O)(=O)Nc3ncccn3)cc2)cc1S(=O)(=O)N1CCCCCC1. The van der Waals surface area contributed by atoms with E-state index in [1.165, 1.54) is 47.0 Å². The number of amides is 1. The van der Waals surface area contributed by atoms with Crippen molar-refractivity contribution in [1.29, 1.82) is 0 Å². The van der Waals surface area contributed by atoms with E-state index in [2.05, 4.69) is 20.0 Å².